The fourth-order valence-electron chi connectivity index (χ4n) is 4.36. The molecule has 0 saturated carbocycles. The van der Waals surface area contributed by atoms with Crippen molar-refractivity contribution in [2.24, 2.45) is 5.92 Å². The van der Waals surface area contributed by atoms with Gasteiger partial charge in [0, 0.05) is 32.7 Å². The molecule has 1 aromatic heterocycles. The van der Waals surface area contributed by atoms with Crippen LogP contribution >= 0.6 is 0 Å². The quantitative estimate of drug-likeness (QED) is 0.558. The summed E-state index contributed by atoms with van der Waals surface area (Å²) in [7, 11) is 1.68. The number of hydrogen-bond donors (Lipinski definition) is 0. The zero-order valence-corrected chi connectivity index (χ0v) is 18.7. The summed E-state index contributed by atoms with van der Waals surface area (Å²) in [4.78, 5) is 5.08. The maximum absolute atomic E-state index is 5.27. The van der Waals surface area contributed by atoms with E-state index in [1.165, 1.54) is 5.56 Å². The predicted molar refractivity (Wildman–Crippen MR) is 121 cm³/mol. The molecule has 31 heavy (non-hydrogen) atoms. The van der Waals surface area contributed by atoms with Gasteiger partial charge in [0.1, 0.15) is 5.75 Å². The molecule has 1 aliphatic rings. The van der Waals surface area contributed by atoms with E-state index in [0.29, 0.717) is 12.5 Å². The van der Waals surface area contributed by atoms with Crippen molar-refractivity contribution in [1.29, 1.82) is 0 Å². The lowest BCUT2D eigenvalue weighted by Gasteiger charge is -2.40. The molecule has 0 bridgehead atoms. The lowest BCUT2D eigenvalue weighted by molar-refractivity contribution is 0.0664. The summed E-state index contributed by atoms with van der Waals surface area (Å²) in [5.41, 5.74) is 2.53. The van der Waals surface area contributed by atoms with Gasteiger partial charge in [-0.15, -0.1) is 5.10 Å². The summed E-state index contributed by atoms with van der Waals surface area (Å²) < 4.78 is 7.21. The van der Waals surface area contributed by atoms with Crippen LogP contribution in [0.2, 0.25) is 0 Å². The monoisotopic (exact) mass is 420 g/mol. The molecule has 7 nitrogen and oxygen atoms in total. The van der Waals surface area contributed by atoms with Gasteiger partial charge < -0.3 is 4.74 Å². The summed E-state index contributed by atoms with van der Waals surface area (Å²) in [5, 5.41) is 12.8. The third-order valence-corrected chi connectivity index (χ3v) is 6.00. The van der Waals surface area contributed by atoms with Gasteiger partial charge >= 0.3 is 0 Å². The van der Waals surface area contributed by atoms with Crippen LogP contribution in [0, 0.1) is 5.92 Å². The predicted octanol–water partition coefficient (Wildman–Crippen LogP) is 3.24. The highest BCUT2D eigenvalue weighted by Gasteiger charge is 2.31. The Morgan fingerprint density at radius 3 is 2.19 bits per heavy atom. The Balaban J connectivity index is 1.43. The molecule has 3 aromatic rings. The van der Waals surface area contributed by atoms with E-state index in [1.807, 2.05) is 16.8 Å². The van der Waals surface area contributed by atoms with Crippen LogP contribution in [0.3, 0.4) is 0 Å². The first-order chi connectivity index (χ1) is 15.1. The lowest BCUT2D eigenvalue weighted by Crippen LogP contribution is -2.48. The minimum absolute atomic E-state index is 0.201. The molecule has 0 radical (unpaired) electrons. The zero-order valence-electron chi connectivity index (χ0n) is 18.7. The van der Waals surface area contributed by atoms with Gasteiger partial charge in [0.15, 0.2) is 5.82 Å². The van der Waals surface area contributed by atoms with Crippen molar-refractivity contribution < 1.29 is 4.74 Å². The number of benzene rings is 2. The van der Waals surface area contributed by atoms with E-state index in [-0.39, 0.29) is 6.04 Å². The van der Waals surface area contributed by atoms with Crippen molar-refractivity contribution >= 4 is 0 Å². The highest BCUT2D eigenvalue weighted by Crippen LogP contribution is 2.28. The topological polar surface area (TPSA) is 59.3 Å². The number of tetrazole rings is 1. The van der Waals surface area contributed by atoms with Crippen LogP contribution in [0.15, 0.2) is 54.6 Å². The maximum atomic E-state index is 5.27. The molecule has 2 heterocycles. The van der Waals surface area contributed by atoms with E-state index >= 15 is 0 Å². The van der Waals surface area contributed by atoms with Gasteiger partial charge in [-0.1, -0.05) is 56.3 Å². The molecule has 1 aliphatic heterocycles. The summed E-state index contributed by atoms with van der Waals surface area (Å²) in [5.74, 6) is 2.22. The SMILES string of the molecule is COc1ccc(Cn2nnnc2[C@H](C(C)C)N2CCN(Cc3ccccc3)CC2)cc1. The van der Waals surface area contributed by atoms with Crippen molar-refractivity contribution in [3.8, 4) is 5.75 Å². The van der Waals surface area contributed by atoms with E-state index in [0.717, 1.165) is 49.9 Å². The van der Waals surface area contributed by atoms with Gasteiger partial charge in [-0.2, -0.15) is 0 Å². The average Bonchev–Trinajstić information content (AvgIpc) is 3.23. The highest BCUT2D eigenvalue weighted by atomic mass is 16.5. The molecule has 7 heteroatoms. The van der Waals surface area contributed by atoms with Gasteiger partial charge in [0.2, 0.25) is 0 Å². The van der Waals surface area contributed by atoms with E-state index < -0.39 is 0 Å². The van der Waals surface area contributed by atoms with Crippen molar-refractivity contribution in [2.45, 2.75) is 33.0 Å². The maximum Gasteiger partial charge on any atom is 0.169 e. The Morgan fingerprint density at radius 2 is 1.55 bits per heavy atom. The Hall–Kier alpha value is -2.77. The first-order valence-corrected chi connectivity index (χ1v) is 11.0. The normalized spacial score (nSPS) is 16.5. The molecule has 1 fully saturated rings. The minimum Gasteiger partial charge on any atom is -0.497 e. The van der Waals surface area contributed by atoms with E-state index in [4.69, 9.17) is 4.74 Å². The Labute approximate surface area is 184 Å². The van der Waals surface area contributed by atoms with Crippen molar-refractivity contribution in [3.05, 3.63) is 71.5 Å². The average molecular weight is 421 g/mol. The van der Waals surface area contributed by atoms with Gasteiger partial charge in [-0.25, -0.2) is 4.68 Å². The third-order valence-electron chi connectivity index (χ3n) is 6.00. The van der Waals surface area contributed by atoms with Crippen LogP contribution in [0.25, 0.3) is 0 Å². The van der Waals surface area contributed by atoms with Crippen molar-refractivity contribution in [2.75, 3.05) is 33.3 Å². The number of piperazine rings is 1. The number of nitrogens with zero attached hydrogens (tertiary/aromatic N) is 6. The van der Waals surface area contributed by atoms with Crippen LogP contribution in [-0.4, -0.2) is 63.3 Å². The van der Waals surface area contributed by atoms with Gasteiger partial charge in [-0.3, -0.25) is 9.80 Å². The molecule has 164 valence electrons. The molecule has 0 spiro atoms. The van der Waals surface area contributed by atoms with Gasteiger partial charge in [0.05, 0.1) is 19.7 Å². The zero-order chi connectivity index (χ0) is 21.6. The fourth-order valence-corrected chi connectivity index (χ4v) is 4.36. The molecular weight excluding hydrogens is 388 g/mol. The molecule has 1 atom stereocenters. The number of aromatic nitrogens is 4. The minimum atomic E-state index is 0.201. The van der Waals surface area contributed by atoms with Crippen LogP contribution in [0.1, 0.15) is 36.8 Å². The molecule has 0 N–H and O–H groups in total. The molecule has 1 saturated heterocycles. The van der Waals surface area contributed by atoms with E-state index in [2.05, 4.69) is 81.6 Å². The van der Waals surface area contributed by atoms with Crippen molar-refractivity contribution in [1.82, 2.24) is 30.0 Å². The van der Waals surface area contributed by atoms with Gasteiger partial charge in [-0.05, 0) is 39.6 Å². The summed E-state index contributed by atoms with van der Waals surface area (Å²) >= 11 is 0. The van der Waals surface area contributed by atoms with Crippen LogP contribution in [0.4, 0.5) is 0 Å². The number of methoxy groups -OCH3 is 1. The largest absolute Gasteiger partial charge is 0.497 e. The van der Waals surface area contributed by atoms with E-state index in [1.54, 1.807) is 7.11 Å². The first-order valence-electron chi connectivity index (χ1n) is 11.0. The Kier molecular flexibility index (Phi) is 6.94. The smallest absolute Gasteiger partial charge is 0.169 e. The highest BCUT2D eigenvalue weighted by molar-refractivity contribution is 5.27. The van der Waals surface area contributed by atoms with Crippen LogP contribution in [-0.2, 0) is 13.1 Å². The van der Waals surface area contributed by atoms with Gasteiger partial charge in [0.25, 0.3) is 0 Å². The Bertz CT molecular complexity index is 932. The number of ether oxygens (including phenoxy) is 1. The fraction of sp³-hybridized carbons (Fsp3) is 0.458. The van der Waals surface area contributed by atoms with Crippen LogP contribution < -0.4 is 4.74 Å². The number of hydrogen-bond acceptors (Lipinski definition) is 6. The van der Waals surface area contributed by atoms with Crippen molar-refractivity contribution in [3.63, 3.8) is 0 Å². The summed E-state index contributed by atoms with van der Waals surface area (Å²) in [6.07, 6.45) is 0. The number of rotatable bonds is 8. The molecular formula is C24H32N6O. The first kappa shape index (κ1) is 21.5. The molecule has 4 rings (SSSR count). The second-order valence-corrected chi connectivity index (χ2v) is 8.53. The molecule has 0 amide bonds. The Morgan fingerprint density at radius 1 is 0.871 bits per heavy atom. The molecule has 0 unspecified atom stereocenters. The molecule has 0 aliphatic carbocycles. The van der Waals surface area contributed by atoms with E-state index in [9.17, 15) is 0 Å². The third kappa shape index (κ3) is 5.29. The standard InChI is InChI=1S/C24H32N6O/c1-19(2)23(29-15-13-28(14-16-29)17-20-7-5-4-6-8-20)24-25-26-27-30(24)18-21-9-11-22(31-3)12-10-21/h4-12,19,23H,13-18H2,1-3H3/t23-/m0/s1. The van der Waals surface area contributed by atoms with Crippen LogP contribution in [0.5, 0.6) is 5.75 Å². The second-order valence-electron chi connectivity index (χ2n) is 8.53. The molecule has 2 aromatic carbocycles. The summed E-state index contributed by atoms with van der Waals surface area (Å²) in [6.45, 7) is 10.3. The second kappa shape index (κ2) is 10.0. The lowest BCUT2D eigenvalue weighted by atomic mass is 10.0. The summed E-state index contributed by atoms with van der Waals surface area (Å²) in [6, 6.07) is 19.0.